The summed E-state index contributed by atoms with van der Waals surface area (Å²) >= 11 is 0. The molecule has 0 aromatic rings. The van der Waals surface area contributed by atoms with Crippen LogP contribution in [-0.4, -0.2) is 74.2 Å². The lowest BCUT2D eigenvalue weighted by Crippen LogP contribution is -2.50. The van der Waals surface area contributed by atoms with E-state index in [0.717, 1.165) is 31.9 Å². The van der Waals surface area contributed by atoms with Crippen LogP contribution < -0.4 is 5.32 Å². The molecule has 2 amide bonds. The van der Waals surface area contributed by atoms with Crippen LogP contribution in [0, 0.1) is 0 Å². The number of nitrogens with one attached hydrogen (secondary N) is 1. The maximum Gasteiger partial charge on any atom is 0.409 e. The summed E-state index contributed by atoms with van der Waals surface area (Å²) in [7, 11) is -3.41. The van der Waals surface area contributed by atoms with Crippen LogP contribution in [-0.2, 0) is 19.6 Å². The van der Waals surface area contributed by atoms with E-state index in [9.17, 15) is 18.0 Å². The highest BCUT2D eigenvalue weighted by atomic mass is 32.2. The monoisotopic (exact) mass is 375 g/mol. The number of hydrogen-bond acceptors (Lipinski definition) is 5. The second-order valence-electron chi connectivity index (χ2n) is 6.77. The molecule has 2 rings (SSSR count). The molecule has 144 valence electrons. The number of piperidine rings is 1. The first-order valence-electron chi connectivity index (χ1n) is 8.99. The van der Waals surface area contributed by atoms with Gasteiger partial charge in [-0.15, -0.1) is 0 Å². The summed E-state index contributed by atoms with van der Waals surface area (Å²) in [4.78, 5) is 25.6. The molecule has 1 saturated heterocycles. The van der Waals surface area contributed by atoms with Crippen molar-refractivity contribution in [1.82, 2.24) is 14.5 Å². The Morgan fingerprint density at radius 3 is 2.28 bits per heavy atom. The molecule has 0 aromatic heterocycles. The zero-order valence-corrected chi connectivity index (χ0v) is 15.9. The second-order valence-corrected chi connectivity index (χ2v) is 8.71. The predicted octanol–water partition coefficient (Wildman–Crippen LogP) is 0.928. The van der Waals surface area contributed by atoms with Gasteiger partial charge in [-0.05, 0) is 32.6 Å². The molecule has 9 heteroatoms. The molecule has 0 radical (unpaired) electrons. The van der Waals surface area contributed by atoms with Gasteiger partial charge in [0, 0.05) is 25.2 Å². The highest BCUT2D eigenvalue weighted by molar-refractivity contribution is 7.88. The molecule has 8 nitrogen and oxygen atoms in total. The smallest absolute Gasteiger partial charge is 0.409 e. The van der Waals surface area contributed by atoms with Crippen molar-refractivity contribution in [2.75, 3.05) is 32.5 Å². The van der Waals surface area contributed by atoms with Gasteiger partial charge in [-0.25, -0.2) is 13.2 Å². The molecule has 0 aromatic carbocycles. The Bertz CT molecular complexity index is 566. The molecular weight excluding hydrogens is 346 g/mol. The average Bonchev–Trinajstić information content (AvgIpc) is 3.06. The minimum absolute atomic E-state index is 0.0387. The van der Waals surface area contributed by atoms with E-state index >= 15 is 0 Å². The number of rotatable bonds is 6. The zero-order chi connectivity index (χ0) is 18.4. The van der Waals surface area contributed by atoms with E-state index in [-0.39, 0.29) is 30.6 Å². The maximum atomic E-state index is 12.3. The van der Waals surface area contributed by atoms with Crippen LogP contribution in [0.4, 0.5) is 4.79 Å². The highest BCUT2D eigenvalue weighted by Crippen LogP contribution is 2.25. The Balaban J connectivity index is 1.82. The van der Waals surface area contributed by atoms with E-state index in [1.54, 1.807) is 11.8 Å². The molecule has 1 aliphatic heterocycles. The van der Waals surface area contributed by atoms with Crippen LogP contribution in [0.2, 0.25) is 0 Å². The van der Waals surface area contributed by atoms with Gasteiger partial charge in [0.15, 0.2) is 0 Å². The van der Waals surface area contributed by atoms with Crippen molar-refractivity contribution < 1.29 is 22.7 Å². The van der Waals surface area contributed by atoms with E-state index in [1.807, 2.05) is 0 Å². The van der Waals surface area contributed by atoms with Crippen LogP contribution in [0.25, 0.3) is 0 Å². The van der Waals surface area contributed by atoms with Crippen molar-refractivity contribution >= 4 is 22.0 Å². The van der Waals surface area contributed by atoms with Gasteiger partial charge in [0.25, 0.3) is 0 Å². The van der Waals surface area contributed by atoms with Gasteiger partial charge in [-0.3, -0.25) is 4.79 Å². The van der Waals surface area contributed by atoms with Gasteiger partial charge in [0.2, 0.25) is 15.9 Å². The molecule has 0 unspecified atom stereocenters. The zero-order valence-electron chi connectivity index (χ0n) is 15.1. The van der Waals surface area contributed by atoms with Crippen LogP contribution in [0.15, 0.2) is 0 Å². The molecule has 0 spiro atoms. The third-order valence-electron chi connectivity index (χ3n) is 4.84. The summed E-state index contributed by atoms with van der Waals surface area (Å²) in [5.74, 6) is -0.271. The van der Waals surface area contributed by atoms with Gasteiger partial charge in [-0.1, -0.05) is 12.8 Å². The Morgan fingerprint density at radius 2 is 1.76 bits per heavy atom. The summed E-state index contributed by atoms with van der Waals surface area (Å²) < 4.78 is 30.3. The summed E-state index contributed by atoms with van der Waals surface area (Å²) in [6, 6.07) is -0.102. The number of carbonyl (C=O) groups excluding carboxylic acids is 2. The Kier molecular flexibility index (Phi) is 7.06. The number of hydrogen-bond donors (Lipinski definition) is 1. The molecule has 25 heavy (non-hydrogen) atoms. The molecule has 1 N–H and O–H groups in total. The number of ether oxygens (including phenoxy) is 1. The van der Waals surface area contributed by atoms with Gasteiger partial charge in [0.1, 0.15) is 0 Å². The molecule has 1 heterocycles. The fraction of sp³-hybridized carbons (Fsp3) is 0.875. The number of likely N-dealkylation sites (tertiary alicyclic amines) is 1. The minimum atomic E-state index is -3.41. The van der Waals surface area contributed by atoms with Crippen molar-refractivity contribution in [2.24, 2.45) is 0 Å². The Morgan fingerprint density at radius 1 is 1.16 bits per heavy atom. The number of carbonyl (C=O) groups is 2. The SMILES string of the molecule is CCOC(=O)N1CCC(NC(=O)CN(C2CCCC2)S(C)(=O)=O)CC1. The third kappa shape index (κ3) is 5.85. The minimum Gasteiger partial charge on any atom is -0.450 e. The Hall–Kier alpha value is -1.35. The summed E-state index contributed by atoms with van der Waals surface area (Å²) in [6.07, 6.45) is 5.78. The van der Waals surface area contributed by atoms with E-state index < -0.39 is 10.0 Å². The van der Waals surface area contributed by atoms with Crippen LogP contribution >= 0.6 is 0 Å². The third-order valence-corrected chi connectivity index (χ3v) is 6.12. The number of sulfonamides is 1. The highest BCUT2D eigenvalue weighted by Gasteiger charge is 2.32. The summed E-state index contributed by atoms with van der Waals surface area (Å²) in [5.41, 5.74) is 0. The lowest BCUT2D eigenvalue weighted by atomic mass is 10.1. The van der Waals surface area contributed by atoms with Crippen molar-refractivity contribution in [2.45, 2.75) is 57.5 Å². The van der Waals surface area contributed by atoms with Crippen molar-refractivity contribution in [3.05, 3.63) is 0 Å². The molecule has 0 atom stereocenters. The van der Waals surface area contributed by atoms with Crippen molar-refractivity contribution in [3.63, 3.8) is 0 Å². The number of amides is 2. The molecular formula is C16H29N3O5S. The molecule has 1 saturated carbocycles. The summed E-state index contributed by atoms with van der Waals surface area (Å²) in [5, 5.41) is 2.91. The van der Waals surface area contributed by atoms with Gasteiger partial charge >= 0.3 is 6.09 Å². The molecule has 2 fully saturated rings. The number of nitrogens with zero attached hydrogens (tertiary/aromatic N) is 2. The van der Waals surface area contributed by atoms with Gasteiger partial charge in [0.05, 0.1) is 19.4 Å². The molecule has 1 aliphatic carbocycles. The Labute approximate surface area is 149 Å². The maximum absolute atomic E-state index is 12.3. The quantitative estimate of drug-likeness (QED) is 0.745. The van der Waals surface area contributed by atoms with Gasteiger partial charge in [-0.2, -0.15) is 4.31 Å². The fourth-order valence-electron chi connectivity index (χ4n) is 3.55. The van der Waals surface area contributed by atoms with Crippen molar-refractivity contribution in [3.8, 4) is 0 Å². The second kappa shape index (κ2) is 8.84. The van der Waals surface area contributed by atoms with E-state index in [1.165, 1.54) is 4.31 Å². The largest absolute Gasteiger partial charge is 0.450 e. The van der Waals surface area contributed by atoms with Crippen LogP contribution in [0.5, 0.6) is 0 Å². The summed E-state index contributed by atoms with van der Waals surface area (Å²) in [6.45, 7) is 3.05. The fourth-order valence-corrected chi connectivity index (χ4v) is 4.65. The standard InChI is InChI=1S/C16H29N3O5S/c1-3-24-16(21)18-10-8-13(9-11-18)17-15(20)12-19(25(2,22)23)14-6-4-5-7-14/h13-14H,3-12H2,1-2H3,(H,17,20). The van der Waals surface area contributed by atoms with Crippen LogP contribution in [0.1, 0.15) is 45.4 Å². The molecule has 0 bridgehead atoms. The first kappa shape index (κ1) is 20.0. The first-order valence-corrected chi connectivity index (χ1v) is 10.8. The topological polar surface area (TPSA) is 96.0 Å². The first-order chi connectivity index (χ1) is 11.8. The van der Waals surface area contributed by atoms with E-state index in [0.29, 0.717) is 32.5 Å². The van der Waals surface area contributed by atoms with E-state index in [4.69, 9.17) is 4.74 Å². The van der Waals surface area contributed by atoms with Crippen molar-refractivity contribution in [1.29, 1.82) is 0 Å². The average molecular weight is 375 g/mol. The molecule has 2 aliphatic rings. The van der Waals surface area contributed by atoms with Gasteiger partial charge < -0.3 is 15.0 Å². The lowest BCUT2D eigenvalue weighted by molar-refractivity contribution is -0.122. The van der Waals surface area contributed by atoms with E-state index in [2.05, 4.69) is 5.32 Å². The van der Waals surface area contributed by atoms with Crippen LogP contribution in [0.3, 0.4) is 0 Å². The normalized spacial score (nSPS) is 20.0. The lowest BCUT2D eigenvalue weighted by Gasteiger charge is -2.32. The predicted molar refractivity (Wildman–Crippen MR) is 93.6 cm³/mol.